The highest BCUT2D eigenvalue weighted by Crippen LogP contribution is 2.26. The van der Waals surface area contributed by atoms with Crippen LogP contribution in [0, 0.1) is 6.92 Å². The number of aliphatic hydroxyl groups is 2. The first-order valence-electron chi connectivity index (χ1n) is 7.80. The van der Waals surface area contributed by atoms with Crippen molar-refractivity contribution in [2.75, 3.05) is 6.61 Å². The second kappa shape index (κ2) is 6.91. The average Bonchev–Trinajstić information content (AvgIpc) is 2.54. The van der Waals surface area contributed by atoms with E-state index in [4.69, 9.17) is 16.7 Å². The molecule has 0 saturated heterocycles. The third kappa shape index (κ3) is 3.41. The van der Waals surface area contributed by atoms with Crippen LogP contribution in [0.2, 0.25) is 5.02 Å². The predicted octanol–water partition coefficient (Wildman–Crippen LogP) is 0.680. The van der Waals surface area contributed by atoms with Gasteiger partial charge in [0, 0.05) is 18.2 Å². The highest BCUT2D eigenvalue weighted by molar-refractivity contribution is 6.32. The first-order chi connectivity index (χ1) is 11.9. The van der Waals surface area contributed by atoms with Crippen molar-refractivity contribution in [3.63, 3.8) is 0 Å². The normalized spacial score (nSPS) is 12.8. The third-order valence-electron chi connectivity index (χ3n) is 4.04. The molecule has 1 atom stereocenters. The SMILES string of the molecule is Cc1cc2nc3c(=O)[nH]c(=O)nc-3n(CCC(O)CCO)c2cc1Cl. The van der Waals surface area contributed by atoms with Crippen LogP contribution in [-0.2, 0) is 6.54 Å². The zero-order valence-electron chi connectivity index (χ0n) is 13.5. The molecule has 3 N–H and O–H groups in total. The average molecular weight is 365 g/mol. The molecule has 0 amide bonds. The highest BCUT2D eigenvalue weighted by Gasteiger charge is 2.20. The van der Waals surface area contributed by atoms with Gasteiger partial charge in [0.05, 0.1) is 17.1 Å². The quantitative estimate of drug-likeness (QED) is 0.572. The summed E-state index contributed by atoms with van der Waals surface area (Å²) in [5.74, 6) is 0.136. The summed E-state index contributed by atoms with van der Waals surface area (Å²) in [4.78, 5) is 34.1. The molecule has 1 aromatic rings. The summed E-state index contributed by atoms with van der Waals surface area (Å²) in [6, 6.07) is 3.45. The maximum absolute atomic E-state index is 12.1. The smallest absolute Gasteiger partial charge is 0.349 e. The number of hydrogen-bond acceptors (Lipinski definition) is 6. The van der Waals surface area contributed by atoms with E-state index >= 15 is 0 Å². The van der Waals surface area contributed by atoms with Crippen molar-refractivity contribution >= 4 is 22.6 Å². The third-order valence-corrected chi connectivity index (χ3v) is 4.44. The van der Waals surface area contributed by atoms with Crippen LogP contribution in [0.5, 0.6) is 0 Å². The summed E-state index contributed by atoms with van der Waals surface area (Å²) in [5, 5.41) is 19.3. The first-order valence-corrected chi connectivity index (χ1v) is 8.18. The van der Waals surface area contributed by atoms with Gasteiger partial charge < -0.3 is 14.8 Å². The van der Waals surface area contributed by atoms with Crippen molar-refractivity contribution in [3.05, 3.63) is 43.6 Å². The molecule has 3 rings (SSSR count). The van der Waals surface area contributed by atoms with Crippen LogP contribution in [0.3, 0.4) is 0 Å². The number of halogens is 1. The molecular formula is C16H17ClN4O4. The van der Waals surface area contributed by atoms with Crippen molar-refractivity contribution in [2.45, 2.75) is 32.4 Å². The van der Waals surface area contributed by atoms with Crippen LogP contribution in [0.1, 0.15) is 18.4 Å². The van der Waals surface area contributed by atoms with E-state index < -0.39 is 17.4 Å². The van der Waals surface area contributed by atoms with Crippen LogP contribution in [0.15, 0.2) is 21.7 Å². The van der Waals surface area contributed by atoms with E-state index in [1.165, 1.54) is 0 Å². The van der Waals surface area contributed by atoms with Crippen molar-refractivity contribution in [1.82, 2.24) is 19.5 Å². The molecule has 25 heavy (non-hydrogen) atoms. The molecule has 2 aliphatic rings. The Morgan fingerprint density at radius 1 is 1.28 bits per heavy atom. The number of H-pyrrole nitrogens is 1. The minimum Gasteiger partial charge on any atom is -0.396 e. The zero-order valence-corrected chi connectivity index (χ0v) is 14.2. The summed E-state index contributed by atoms with van der Waals surface area (Å²) in [5.41, 5.74) is 0.618. The Morgan fingerprint density at radius 3 is 2.76 bits per heavy atom. The maximum Gasteiger partial charge on any atom is 0.349 e. The molecule has 2 heterocycles. The van der Waals surface area contributed by atoms with E-state index in [-0.39, 0.29) is 31.1 Å². The Labute approximate surface area is 147 Å². The largest absolute Gasteiger partial charge is 0.396 e. The minimum atomic E-state index is -0.762. The lowest BCUT2D eigenvalue weighted by molar-refractivity contribution is 0.121. The molecule has 132 valence electrons. The van der Waals surface area contributed by atoms with E-state index in [0.717, 1.165) is 5.56 Å². The molecule has 0 spiro atoms. The van der Waals surface area contributed by atoms with Gasteiger partial charge in [0.1, 0.15) is 0 Å². The fourth-order valence-corrected chi connectivity index (χ4v) is 2.88. The fraction of sp³-hybridized carbons (Fsp3) is 0.375. The Kier molecular flexibility index (Phi) is 4.85. The lowest BCUT2D eigenvalue weighted by Gasteiger charge is -2.18. The van der Waals surface area contributed by atoms with E-state index in [1.807, 2.05) is 6.92 Å². The van der Waals surface area contributed by atoms with Gasteiger partial charge in [-0.2, -0.15) is 4.98 Å². The maximum atomic E-state index is 12.1. The topological polar surface area (TPSA) is 121 Å². The zero-order chi connectivity index (χ0) is 18.1. The second-order valence-corrected chi connectivity index (χ2v) is 6.26. The van der Waals surface area contributed by atoms with Gasteiger partial charge in [-0.15, -0.1) is 0 Å². The second-order valence-electron chi connectivity index (χ2n) is 5.85. The summed E-state index contributed by atoms with van der Waals surface area (Å²) in [6.45, 7) is 1.98. The number of benzene rings is 1. The van der Waals surface area contributed by atoms with Gasteiger partial charge in [-0.3, -0.25) is 9.78 Å². The van der Waals surface area contributed by atoms with Crippen LogP contribution >= 0.6 is 11.6 Å². The van der Waals surface area contributed by atoms with Gasteiger partial charge in [0.2, 0.25) is 0 Å². The molecule has 0 radical (unpaired) electrons. The van der Waals surface area contributed by atoms with Crippen molar-refractivity contribution < 1.29 is 10.2 Å². The fourth-order valence-electron chi connectivity index (χ4n) is 2.72. The summed E-state index contributed by atoms with van der Waals surface area (Å²) >= 11 is 6.21. The molecule has 8 nitrogen and oxygen atoms in total. The van der Waals surface area contributed by atoms with Gasteiger partial charge in [-0.1, -0.05) is 11.6 Å². The molecule has 9 heteroatoms. The lowest BCUT2D eigenvalue weighted by Crippen LogP contribution is -2.29. The standard InChI is InChI=1S/C16H17ClN4O4/c1-8-6-11-12(7-10(8)17)21(4-2-9(23)3-5-22)14-13(18-11)15(24)20-16(25)19-14/h6-7,9,22-23H,2-5H2,1H3,(H,20,24,25). The van der Waals surface area contributed by atoms with Crippen LogP contribution < -0.4 is 11.2 Å². The van der Waals surface area contributed by atoms with Gasteiger partial charge in [0.25, 0.3) is 5.56 Å². The number of aromatic nitrogens is 4. The molecule has 0 fully saturated rings. The molecular weight excluding hydrogens is 348 g/mol. The van der Waals surface area contributed by atoms with Crippen molar-refractivity contribution in [3.8, 4) is 11.5 Å². The lowest BCUT2D eigenvalue weighted by atomic mass is 10.1. The summed E-state index contributed by atoms with van der Waals surface area (Å²) in [6.07, 6.45) is -0.166. The van der Waals surface area contributed by atoms with E-state index in [1.54, 1.807) is 16.7 Å². The number of nitrogens with zero attached hydrogens (tertiary/aromatic N) is 3. The van der Waals surface area contributed by atoms with Gasteiger partial charge >= 0.3 is 5.69 Å². The number of fused-ring (bicyclic) bond motifs is 2. The molecule has 0 aromatic heterocycles. The van der Waals surface area contributed by atoms with Crippen LogP contribution in [0.4, 0.5) is 0 Å². The number of aliphatic hydroxyl groups excluding tert-OH is 2. The van der Waals surface area contributed by atoms with E-state index in [9.17, 15) is 14.7 Å². The Hall–Kier alpha value is -2.29. The van der Waals surface area contributed by atoms with E-state index in [2.05, 4.69) is 15.0 Å². The van der Waals surface area contributed by atoms with Crippen LogP contribution in [-0.4, -0.2) is 42.4 Å². The van der Waals surface area contributed by atoms with Gasteiger partial charge in [-0.05, 0) is 37.5 Å². The Morgan fingerprint density at radius 2 is 2.04 bits per heavy atom. The van der Waals surface area contributed by atoms with Gasteiger partial charge in [0.15, 0.2) is 11.5 Å². The summed E-state index contributed by atoms with van der Waals surface area (Å²) < 4.78 is 1.65. The Balaban J connectivity index is 2.26. The van der Waals surface area contributed by atoms with Crippen molar-refractivity contribution in [2.24, 2.45) is 0 Å². The number of aromatic amines is 1. The molecule has 0 bridgehead atoms. The molecule has 1 aromatic carbocycles. The summed E-state index contributed by atoms with van der Waals surface area (Å²) in [7, 11) is 0. The minimum absolute atomic E-state index is 0.0467. The van der Waals surface area contributed by atoms with E-state index in [0.29, 0.717) is 22.5 Å². The number of hydrogen-bond donors (Lipinski definition) is 3. The molecule has 0 saturated carbocycles. The van der Waals surface area contributed by atoms with Gasteiger partial charge in [-0.25, -0.2) is 9.78 Å². The van der Waals surface area contributed by atoms with Crippen LogP contribution in [0.25, 0.3) is 22.6 Å². The number of nitrogens with one attached hydrogen (secondary N) is 1. The Bertz CT molecular complexity index is 1010. The monoisotopic (exact) mass is 364 g/mol. The molecule has 2 aliphatic heterocycles. The predicted molar refractivity (Wildman–Crippen MR) is 93.1 cm³/mol. The molecule has 0 aliphatic carbocycles. The number of aryl methyl sites for hydroxylation is 2. The highest BCUT2D eigenvalue weighted by atomic mass is 35.5. The first kappa shape index (κ1) is 17.5. The molecule has 1 unspecified atom stereocenters. The van der Waals surface area contributed by atoms with Crippen molar-refractivity contribution in [1.29, 1.82) is 0 Å². The number of rotatable bonds is 5.